The number of hydrogen-bond donors (Lipinski definition) is 0. The van der Waals surface area contributed by atoms with Gasteiger partial charge in [-0.05, 0) is 74.7 Å². The second kappa shape index (κ2) is 7.42. The van der Waals surface area contributed by atoms with E-state index in [-0.39, 0.29) is 0 Å². The molecular weight excluding hydrogens is 381 g/mol. The van der Waals surface area contributed by atoms with Gasteiger partial charge in [0.1, 0.15) is 0 Å². The van der Waals surface area contributed by atoms with E-state index in [9.17, 15) is 0 Å². The third-order valence-electron chi connectivity index (χ3n) is 5.75. The van der Waals surface area contributed by atoms with Gasteiger partial charge in [-0.2, -0.15) is 0 Å². The van der Waals surface area contributed by atoms with E-state index in [0.717, 1.165) is 0 Å². The molecule has 1 unspecified atom stereocenters. The predicted molar refractivity (Wildman–Crippen MR) is 132 cm³/mol. The minimum atomic E-state index is -0.733. The molecule has 0 saturated heterocycles. The van der Waals surface area contributed by atoms with E-state index in [1.807, 2.05) is 0 Å². The Bertz CT molecular complexity index is 1160. The first-order valence-corrected chi connectivity index (χ1v) is 11.8. The van der Waals surface area contributed by atoms with Crippen LogP contribution in [-0.4, -0.2) is 0 Å². The molecule has 1 aliphatic rings. The maximum Gasteiger partial charge on any atom is 0.0605 e. The molecule has 0 radical (unpaired) electrons. The molecule has 1 atom stereocenters. The molecule has 0 spiro atoms. The lowest BCUT2D eigenvalue weighted by molar-refractivity contribution is 1.34. The van der Waals surface area contributed by atoms with E-state index in [1.165, 1.54) is 55.4 Å². The van der Waals surface area contributed by atoms with Crippen LogP contribution in [0.4, 0.5) is 11.4 Å². The first-order valence-electron chi connectivity index (χ1n) is 10.5. The van der Waals surface area contributed by atoms with Gasteiger partial charge in [0.25, 0.3) is 0 Å². The number of fused-ring (bicyclic) bond motifs is 3. The number of aryl methyl sites for hydroxylation is 4. The molecule has 0 amide bonds. The zero-order valence-corrected chi connectivity index (χ0v) is 18.9. The maximum absolute atomic E-state index is 2.60. The van der Waals surface area contributed by atoms with Crippen molar-refractivity contribution < 1.29 is 0 Å². The first-order chi connectivity index (χ1) is 14.5. The molecule has 0 saturated carbocycles. The van der Waals surface area contributed by atoms with Crippen molar-refractivity contribution in [2.45, 2.75) is 27.7 Å². The number of benzene rings is 4. The van der Waals surface area contributed by atoms with E-state index in [2.05, 4.69) is 117 Å². The van der Waals surface area contributed by atoms with Crippen LogP contribution in [0.2, 0.25) is 0 Å². The number of anilines is 2. The van der Waals surface area contributed by atoms with E-state index in [4.69, 9.17) is 0 Å². The smallest absolute Gasteiger partial charge is 0.0605 e. The Balaban J connectivity index is 1.86. The van der Waals surface area contributed by atoms with Gasteiger partial charge in [0.05, 0.1) is 13.8 Å². The molecule has 0 aliphatic carbocycles. The number of rotatable bonds is 2. The molecular formula is C28H26NP. The fourth-order valence-electron chi connectivity index (χ4n) is 4.33. The van der Waals surface area contributed by atoms with Gasteiger partial charge in [0.15, 0.2) is 0 Å². The highest BCUT2D eigenvalue weighted by atomic mass is 31.1. The highest BCUT2D eigenvalue weighted by molar-refractivity contribution is 7.75. The lowest BCUT2D eigenvalue weighted by atomic mass is 10.00. The zero-order chi connectivity index (χ0) is 20.8. The van der Waals surface area contributed by atoms with Crippen LogP contribution in [0.25, 0.3) is 11.1 Å². The highest BCUT2D eigenvalue weighted by Gasteiger charge is 2.33. The monoisotopic (exact) mass is 407 g/mol. The molecule has 0 fully saturated rings. The lowest BCUT2D eigenvalue weighted by Crippen LogP contribution is -2.30. The molecule has 0 bridgehead atoms. The largest absolute Gasteiger partial charge is 0.311 e. The Kier molecular flexibility index (Phi) is 4.72. The highest BCUT2D eigenvalue weighted by Crippen LogP contribution is 2.56. The Morgan fingerprint density at radius 1 is 0.567 bits per heavy atom. The van der Waals surface area contributed by atoms with Crippen LogP contribution in [0.1, 0.15) is 22.3 Å². The van der Waals surface area contributed by atoms with Crippen LogP contribution in [0.3, 0.4) is 0 Å². The quantitative estimate of drug-likeness (QED) is 0.321. The van der Waals surface area contributed by atoms with Crippen LogP contribution >= 0.6 is 8.07 Å². The van der Waals surface area contributed by atoms with Crippen molar-refractivity contribution >= 4 is 30.1 Å². The normalized spacial score (nSPS) is 14.9. The van der Waals surface area contributed by atoms with Crippen LogP contribution in [0, 0.1) is 27.7 Å². The summed E-state index contributed by atoms with van der Waals surface area (Å²) in [5, 5.41) is 2.83. The SMILES string of the molecule is Cc1cccc(N2c3cc(C)ccc3-c3ccc(C)cc3P2c2cccc(C)c2)c1. The summed E-state index contributed by atoms with van der Waals surface area (Å²) in [4.78, 5) is 0. The van der Waals surface area contributed by atoms with Crippen molar-refractivity contribution in [2.75, 3.05) is 4.67 Å². The van der Waals surface area contributed by atoms with Gasteiger partial charge in [-0.1, -0.05) is 65.7 Å². The Morgan fingerprint density at radius 2 is 1.20 bits per heavy atom. The summed E-state index contributed by atoms with van der Waals surface area (Å²) in [6.45, 7) is 8.76. The molecule has 5 rings (SSSR count). The van der Waals surface area contributed by atoms with Gasteiger partial charge in [-0.15, -0.1) is 0 Å². The van der Waals surface area contributed by atoms with E-state index >= 15 is 0 Å². The molecule has 4 aromatic carbocycles. The molecule has 0 N–H and O–H groups in total. The van der Waals surface area contributed by atoms with Crippen molar-refractivity contribution in [3.63, 3.8) is 0 Å². The summed E-state index contributed by atoms with van der Waals surface area (Å²) in [5.74, 6) is 0. The summed E-state index contributed by atoms with van der Waals surface area (Å²) in [5.41, 5.74) is 10.5. The van der Waals surface area contributed by atoms with Gasteiger partial charge in [0, 0.05) is 21.9 Å². The fraction of sp³-hybridized carbons (Fsp3) is 0.143. The summed E-state index contributed by atoms with van der Waals surface area (Å²) < 4.78 is 2.60. The minimum absolute atomic E-state index is 0.733. The predicted octanol–water partition coefficient (Wildman–Crippen LogP) is 7.09. The van der Waals surface area contributed by atoms with Gasteiger partial charge in [0.2, 0.25) is 0 Å². The van der Waals surface area contributed by atoms with Gasteiger partial charge in [-0.3, -0.25) is 0 Å². The van der Waals surface area contributed by atoms with Crippen molar-refractivity contribution in [3.05, 3.63) is 107 Å². The molecule has 2 heteroatoms. The van der Waals surface area contributed by atoms with Crippen LogP contribution in [0.15, 0.2) is 84.9 Å². The Morgan fingerprint density at radius 3 is 1.93 bits per heavy atom. The average Bonchev–Trinajstić information content (AvgIpc) is 2.72. The molecule has 30 heavy (non-hydrogen) atoms. The standard InChI is InChI=1S/C28H26NP/c1-19-7-5-9-23(15-19)29-27-17-21(3)11-13-25(27)26-14-12-22(4)18-28(26)30(29)24-10-6-8-20(2)16-24/h5-18H,1-4H3. The fourth-order valence-corrected chi connectivity index (χ4v) is 7.10. The van der Waals surface area contributed by atoms with Gasteiger partial charge < -0.3 is 4.67 Å². The van der Waals surface area contributed by atoms with E-state index in [1.54, 1.807) is 0 Å². The number of nitrogens with zero attached hydrogens (tertiary/aromatic N) is 1. The Labute approximate surface area is 180 Å². The summed E-state index contributed by atoms with van der Waals surface area (Å²) >= 11 is 0. The molecule has 1 heterocycles. The zero-order valence-electron chi connectivity index (χ0n) is 18.0. The molecule has 1 nitrogen and oxygen atoms in total. The second-order valence-corrected chi connectivity index (χ2v) is 10.4. The van der Waals surface area contributed by atoms with Crippen molar-refractivity contribution in [2.24, 2.45) is 0 Å². The van der Waals surface area contributed by atoms with Crippen LogP contribution in [-0.2, 0) is 0 Å². The van der Waals surface area contributed by atoms with Gasteiger partial charge in [-0.25, -0.2) is 0 Å². The van der Waals surface area contributed by atoms with Gasteiger partial charge >= 0.3 is 0 Å². The van der Waals surface area contributed by atoms with Crippen LogP contribution in [0.5, 0.6) is 0 Å². The minimum Gasteiger partial charge on any atom is -0.311 e. The third-order valence-corrected chi connectivity index (χ3v) is 8.19. The second-order valence-electron chi connectivity index (χ2n) is 8.34. The average molecular weight is 407 g/mol. The molecule has 148 valence electrons. The molecule has 4 aromatic rings. The maximum atomic E-state index is 2.60. The van der Waals surface area contributed by atoms with Crippen molar-refractivity contribution in [1.82, 2.24) is 0 Å². The number of hydrogen-bond acceptors (Lipinski definition) is 1. The van der Waals surface area contributed by atoms with Crippen LogP contribution < -0.4 is 15.3 Å². The molecule has 0 aromatic heterocycles. The lowest BCUT2D eigenvalue weighted by Gasteiger charge is -2.41. The topological polar surface area (TPSA) is 3.24 Å². The Hall–Kier alpha value is -2.89. The van der Waals surface area contributed by atoms with E-state index < -0.39 is 8.07 Å². The molecule has 1 aliphatic heterocycles. The van der Waals surface area contributed by atoms with Crippen molar-refractivity contribution in [1.29, 1.82) is 0 Å². The third kappa shape index (κ3) is 3.24. The summed E-state index contributed by atoms with van der Waals surface area (Å²) in [7, 11) is -0.733. The van der Waals surface area contributed by atoms with E-state index in [0.29, 0.717) is 0 Å². The summed E-state index contributed by atoms with van der Waals surface area (Å²) in [6, 6.07) is 31.8. The summed E-state index contributed by atoms with van der Waals surface area (Å²) in [6.07, 6.45) is 0. The first kappa shape index (κ1) is 19.1. The van der Waals surface area contributed by atoms with Crippen molar-refractivity contribution in [3.8, 4) is 11.1 Å².